The lowest BCUT2D eigenvalue weighted by atomic mass is 10.1. The predicted octanol–water partition coefficient (Wildman–Crippen LogP) is 4.09. The molecule has 0 saturated carbocycles. The van der Waals surface area contributed by atoms with Gasteiger partial charge in [-0.25, -0.2) is 9.78 Å². The smallest absolute Gasteiger partial charge is 0.486 e. The predicted molar refractivity (Wildman–Crippen MR) is 133 cm³/mol. The molecule has 2 aromatic carbocycles. The summed E-state index contributed by atoms with van der Waals surface area (Å²) in [6, 6.07) is 16.8. The first-order valence-corrected chi connectivity index (χ1v) is 11.7. The number of nitrogens with one attached hydrogen (secondary N) is 1. The average molecular weight is 533 g/mol. The van der Waals surface area contributed by atoms with Crippen LogP contribution in [0, 0.1) is 0 Å². The Morgan fingerprint density at radius 3 is 2.58 bits per heavy atom. The summed E-state index contributed by atoms with van der Waals surface area (Å²) in [6.45, 7) is 1.27. The molecular formula is C26H27F3N4O5. The van der Waals surface area contributed by atoms with Crippen LogP contribution in [-0.4, -0.2) is 62.2 Å². The first-order chi connectivity index (χ1) is 18.1. The number of alkyl halides is 3. The van der Waals surface area contributed by atoms with Gasteiger partial charge in [-0.3, -0.25) is 10.6 Å². The molecule has 0 bridgehead atoms. The van der Waals surface area contributed by atoms with Gasteiger partial charge in [0.05, 0.1) is 12.8 Å². The second-order valence-corrected chi connectivity index (χ2v) is 8.54. The van der Waals surface area contributed by atoms with E-state index in [1.54, 1.807) is 11.9 Å². The molecule has 3 N–H and O–H groups in total. The standard InChI is InChI=1S/C26H27F3N4O5/c1-33(15-22(30)38-25(34)26(27,28)29)14-16-6-8-17(9-7-16)31-20-11-10-19(32-24(20)35-2)18-4-3-5-21-23(18)37-13-12-36-21/h3-11,22,31H,12-15,30H2,1-2H3. The number of methoxy groups -OCH3 is 1. The summed E-state index contributed by atoms with van der Waals surface area (Å²) in [6.07, 6.45) is -6.49. The highest BCUT2D eigenvalue weighted by Crippen LogP contribution is 2.40. The van der Waals surface area contributed by atoms with Crippen molar-refractivity contribution >= 4 is 17.3 Å². The van der Waals surface area contributed by atoms with E-state index in [9.17, 15) is 18.0 Å². The van der Waals surface area contributed by atoms with Crippen molar-refractivity contribution in [2.45, 2.75) is 18.9 Å². The van der Waals surface area contributed by atoms with Crippen molar-refractivity contribution in [1.82, 2.24) is 9.88 Å². The fourth-order valence-corrected chi connectivity index (χ4v) is 3.89. The summed E-state index contributed by atoms with van der Waals surface area (Å²) in [7, 11) is 3.19. The molecule has 1 unspecified atom stereocenters. The van der Waals surface area contributed by atoms with Crippen LogP contribution < -0.4 is 25.3 Å². The van der Waals surface area contributed by atoms with Crippen molar-refractivity contribution in [2.24, 2.45) is 5.73 Å². The lowest BCUT2D eigenvalue weighted by Crippen LogP contribution is -2.41. The number of anilines is 2. The van der Waals surface area contributed by atoms with Crippen molar-refractivity contribution in [3.63, 3.8) is 0 Å². The fraction of sp³-hybridized carbons (Fsp3) is 0.308. The van der Waals surface area contributed by atoms with Gasteiger partial charge in [-0.2, -0.15) is 13.2 Å². The SMILES string of the molecule is COc1nc(-c2cccc3c2OCCO3)ccc1Nc1ccc(CN(C)CC(N)OC(=O)C(F)(F)F)cc1. The van der Waals surface area contributed by atoms with E-state index in [0.717, 1.165) is 16.8 Å². The minimum Gasteiger partial charge on any atom is -0.486 e. The maximum Gasteiger partial charge on any atom is 0.490 e. The molecular weight excluding hydrogens is 505 g/mol. The summed E-state index contributed by atoms with van der Waals surface area (Å²) < 4.78 is 58.2. The molecule has 0 aliphatic carbocycles. The number of likely N-dealkylation sites (N-methyl/N-ethyl adjacent to an activating group) is 1. The third-order valence-corrected chi connectivity index (χ3v) is 5.56. The van der Waals surface area contributed by atoms with E-state index in [4.69, 9.17) is 19.9 Å². The summed E-state index contributed by atoms with van der Waals surface area (Å²) in [5, 5.41) is 3.27. The molecule has 0 radical (unpaired) electrons. The van der Waals surface area contributed by atoms with Gasteiger partial charge in [0, 0.05) is 24.3 Å². The average Bonchev–Trinajstić information content (AvgIpc) is 2.89. The molecule has 3 aromatic rings. The molecule has 2 heterocycles. The van der Waals surface area contributed by atoms with Crippen LogP contribution in [0.4, 0.5) is 24.5 Å². The molecule has 0 spiro atoms. The Balaban J connectivity index is 1.39. The van der Waals surface area contributed by atoms with Gasteiger partial charge in [-0.15, -0.1) is 0 Å². The van der Waals surface area contributed by atoms with Crippen molar-refractivity contribution in [1.29, 1.82) is 0 Å². The second kappa shape index (κ2) is 11.6. The Kier molecular flexibility index (Phi) is 8.23. The number of rotatable bonds is 9. The minimum atomic E-state index is -5.08. The van der Waals surface area contributed by atoms with Gasteiger partial charge >= 0.3 is 12.1 Å². The normalized spacial score (nSPS) is 13.7. The maximum atomic E-state index is 12.3. The van der Waals surface area contributed by atoms with Gasteiger partial charge in [0.25, 0.3) is 0 Å². The van der Waals surface area contributed by atoms with E-state index >= 15 is 0 Å². The van der Waals surface area contributed by atoms with Crippen molar-refractivity contribution in [3.8, 4) is 28.6 Å². The van der Waals surface area contributed by atoms with Gasteiger partial charge in [-0.1, -0.05) is 18.2 Å². The van der Waals surface area contributed by atoms with Crippen LogP contribution in [-0.2, 0) is 16.1 Å². The number of ether oxygens (including phenoxy) is 4. The maximum absolute atomic E-state index is 12.3. The molecule has 0 amide bonds. The second-order valence-electron chi connectivity index (χ2n) is 8.54. The Morgan fingerprint density at radius 1 is 1.13 bits per heavy atom. The van der Waals surface area contributed by atoms with E-state index in [2.05, 4.69) is 15.0 Å². The highest BCUT2D eigenvalue weighted by atomic mass is 19.4. The van der Waals surface area contributed by atoms with Crippen LogP contribution in [0.5, 0.6) is 17.4 Å². The third kappa shape index (κ3) is 6.64. The zero-order valence-electron chi connectivity index (χ0n) is 20.7. The van der Waals surface area contributed by atoms with Gasteiger partial charge in [0.1, 0.15) is 18.9 Å². The Morgan fingerprint density at radius 2 is 1.87 bits per heavy atom. The molecule has 4 rings (SSSR count). The number of aromatic nitrogens is 1. The number of nitrogens with two attached hydrogens (primary N) is 1. The number of hydrogen-bond donors (Lipinski definition) is 2. The molecule has 9 nitrogen and oxygen atoms in total. The molecule has 1 aliphatic rings. The van der Waals surface area contributed by atoms with Crippen LogP contribution >= 0.6 is 0 Å². The first-order valence-electron chi connectivity index (χ1n) is 11.7. The van der Waals surface area contributed by atoms with Gasteiger partial charge in [0.15, 0.2) is 17.7 Å². The summed E-state index contributed by atoms with van der Waals surface area (Å²) in [5.74, 6) is -0.596. The first kappa shape index (κ1) is 27.0. The number of hydrogen-bond acceptors (Lipinski definition) is 9. The van der Waals surface area contributed by atoms with Crippen molar-refractivity contribution in [3.05, 3.63) is 60.2 Å². The van der Waals surface area contributed by atoms with Crippen molar-refractivity contribution < 1.29 is 36.9 Å². The molecule has 38 heavy (non-hydrogen) atoms. The van der Waals surface area contributed by atoms with Gasteiger partial charge < -0.3 is 24.3 Å². The zero-order chi connectivity index (χ0) is 27.3. The fourth-order valence-electron chi connectivity index (χ4n) is 3.89. The molecule has 1 atom stereocenters. The van der Waals surface area contributed by atoms with Gasteiger partial charge in [-0.05, 0) is 49.0 Å². The van der Waals surface area contributed by atoms with E-state index in [1.165, 1.54) is 7.11 Å². The van der Waals surface area contributed by atoms with Crippen LogP contribution in [0.1, 0.15) is 5.56 Å². The van der Waals surface area contributed by atoms with Crippen LogP contribution in [0.2, 0.25) is 0 Å². The van der Waals surface area contributed by atoms with Crippen molar-refractivity contribution in [2.75, 3.05) is 39.2 Å². The summed E-state index contributed by atoms with van der Waals surface area (Å²) >= 11 is 0. The number of para-hydroxylation sites is 1. The largest absolute Gasteiger partial charge is 0.490 e. The Hall–Kier alpha value is -4.03. The lowest BCUT2D eigenvalue weighted by molar-refractivity contribution is -0.205. The van der Waals surface area contributed by atoms with Crippen LogP contribution in [0.3, 0.4) is 0 Å². The van der Waals surface area contributed by atoms with E-state index < -0.39 is 18.4 Å². The topological polar surface area (TPSA) is 108 Å². The molecule has 0 saturated heterocycles. The van der Waals surface area contributed by atoms with E-state index in [0.29, 0.717) is 48.5 Å². The van der Waals surface area contributed by atoms with Crippen LogP contribution in [0.15, 0.2) is 54.6 Å². The Labute approximate surface area is 217 Å². The number of halogens is 3. The zero-order valence-corrected chi connectivity index (χ0v) is 20.7. The van der Waals surface area contributed by atoms with E-state index in [1.807, 2.05) is 54.6 Å². The molecule has 1 aliphatic heterocycles. The minimum absolute atomic E-state index is 0.0706. The number of benzene rings is 2. The highest BCUT2D eigenvalue weighted by molar-refractivity contribution is 5.76. The lowest BCUT2D eigenvalue weighted by Gasteiger charge is -2.22. The van der Waals surface area contributed by atoms with E-state index in [-0.39, 0.29) is 6.54 Å². The quantitative estimate of drug-likeness (QED) is 0.311. The molecule has 12 heteroatoms. The number of nitrogens with zero attached hydrogens (tertiary/aromatic N) is 2. The number of carbonyl (C=O) groups is 1. The molecule has 0 fully saturated rings. The van der Waals surface area contributed by atoms with Gasteiger partial charge in [0.2, 0.25) is 5.88 Å². The van der Waals surface area contributed by atoms with Crippen LogP contribution in [0.25, 0.3) is 11.3 Å². The number of fused-ring (bicyclic) bond motifs is 1. The molecule has 202 valence electrons. The third-order valence-electron chi connectivity index (χ3n) is 5.56. The summed E-state index contributed by atoms with van der Waals surface area (Å²) in [5.41, 5.74) is 9.30. The number of carbonyl (C=O) groups excluding carboxylic acids is 1. The highest BCUT2D eigenvalue weighted by Gasteiger charge is 2.42. The molecule has 1 aromatic heterocycles. The monoisotopic (exact) mass is 532 g/mol. The number of esters is 1. The number of pyridine rings is 1. The Bertz CT molecular complexity index is 1270. The summed E-state index contributed by atoms with van der Waals surface area (Å²) in [4.78, 5) is 17.2.